The zero-order valence-electron chi connectivity index (χ0n) is 11.3. The van der Waals surface area contributed by atoms with E-state index in [0.29, 0.717) is 17.1 Å². The predicted molar refractivity (Wildman–Crippen MR) is 74.3 cm³/mol. The molecular formula is C13H12N4O5. The third kappa shape index (κ3) is 2.82. The van der Waals surface area contributed by atoms with Crippen molar-refractivity contribution < 1.29 is 23.9 Å². The number of hydrogen-bond donors (Lipinski definition) is 4. The number of carbonyl (C=O) groups excluding carboxylic acids is 4. The van der Waals surface area contributed by atoms with Gasteiger partial charge < -0.3 is 20.7 Å². The Balaban J connectivity index is 1.71. The Bertz CT molecular complexity index is 671. The molecule has 1 fully saturated rings. The van der Waals surface area contributed by atoms with Crippen LogP contribution in [0.4, 0.5) is 16.2 Å². The van der Waals surface area contributed by atoms with E-state index in [2.05, 4.69) is 16.0 Å². The maximum absolute atomic E-state index is 12.1. The van der Waals surface area contributed by atoms with E-state index in [0.717, 1.165) is 0 Å². The van der Waals surface area contributed by atoms with E-state index in [1.54, 1.807) is 12.1 Å². The summed E-state index contributed by atoms with van der Waals surface area (Å²) in [6, 6.07) is 3.09. The van der Waals surface area contributed by atoms with Crippen LogP contribution in [0.2, 0.25) is 0 Å². The molecule has 1 atom stereocenters. The number of hydrogen-bond acceptors (Lipinski definition) is 5. The number of anilines is 2. The van der Waals surface area contributed by atoms with E-state index in [-0.39, 0.29) is 18.9 Å². The van der Waals surface area contributed by atoms with Gasteiger partial charge in [-0.3, -0.25) is 19.7 Å². The molecule has 0 unspecified atom stereocenters. The molecule has 0 aliphatic carbocycles. The second-order valence-corrected chi connectivity index (χ2v) is 4.82. The summed E-state index contributed by atoms with van der Waals surface area (Å²) in [4.78, 5) is 45.8. The summed E-state index contributed by atoms with van der Waals surface area (Å²) in [5, 5.41) is 9.59. The topological polar surface area (TPSA) is 126 Å². The summed E-state index contributed by atoms with van der Waals surface area (Å²) in [6.07, 6.45) is -0.137. The molecule has 0 radical (unpaired) electrons. The van der Waals surface area contributed by atoms with Crippen molar-refractivity contribution >= 4 is 35.1 Å². The molecule has 1 aromatic rings. The van der Waals surface area contributed by atoms with Crippen LogP contribution in [0.1, 0.15) is 6.42 Å². The smallest absolute Gasteiger partial charge is 0.322 e. The third-order valence-electron chi connectivity index (χ3n) is 3.14. The van der Waals surface area contributed by atoms with Crippen molar-refractivity contribution in [3.05, 3.63) is 18.2 Å². The lowest BCUT2D eigenvalue weighted by Gasteiger charge is -2.23. The van der Waals surface area contributed by atoms with E-state index in [1.807, 2.05) is 5.32 Å². The summed E-state index contributed by atoms with van der Waals surface area (Å²) in [5.41, 5.74) is 0.856. The second kappa shape index (κ2) is 5.35. The lowest BCUT2D eigenvalue weighted by Crippen LogP contribution is -2.56. The summed E-state index contributed by atoms with van der Waals surface area (Å²) < 4.78 is 5.21. The summed E-state index contributed by atoms with van der Waals surface area (Å²) in [5.74, 6) is -0.823. The van der Waals surface area contributed by atoms with Gasteiger partial charge >= 0.3 is 6.03 Å². The highest BCUT2D eigenvalue weighted by Crippen LogP contribution is 2.30. The van der Waals surface area contributed by atoms with Gasteiger partial charge in [0.15, 0.2) is 6.61 Å². The van der Waals surface area contributed by atoms with Gasteiger partial charge in [0.25, 0.3) is 5.91 Å². The highest BCUT2D eigenvalue weighted by Gasteiger charge is 2.29. The molecule has 1 aromatic carbocycles. The van der Waals surface area contributed by atoms with Crippen molar-refractivity contribution in [2.24, 2.45) is 0 Å². The predicted octanol–water partition coefficient (Wildman–Crippen LogP) is -0.446. The van der Waals surface area contributed by atoms with Gasteiger partial charge in [0.05, 0.1) is 12.1 Å². The molecule has 114 valence electrons. The number of amides is 5. The van der Waals surface area contributed by atoms with Crippen molar-refractivity contribution in [3.8, 4) is 5.75 Å². The van der Waals surface area contributed by atoms with Crippen LogP contribution in [-0.4, -0.2) is 36.4 Å². The molecule has 4 N–H and O–H groups in total. The largest absolute Gasteiger partial charge is 0.482 e. The van der Waals surface area contributed by atoms with Crippen LogP contribution in [0.5, 0.6) is 5.75 Å². The minimum atomic E-state index is -0.942. The molecule has 0 bridgehead atoms. The Labute approximate surface area is 124 Å². The normalized spacial score (nSPS) is 20.0. The Hall–Kier alpha value is -3.10. The first-order chi connectivity index (χ1) is 10.5. The molecule has 9 nitrogen and oxygen atoms in total. The van der Waals surface area contributed by atoms with Crippen LogP contribution < -0.4 is 26.0 Å². The molecule has 3 rings (SSSR count). The van der Waals surface area contributed by atoms with E-state index in [9.17, 15) is 19.2 Å². The fraction of sp³-hybridized carbons (Fsp3) is 0.231. The van der Waals surface area contributed by atoms with Crippen molar-refractivity contribution in [2.75, 3.05) is 17.2 Å². The fourth-order valence-corrected chi connectivity index (χ4v) is 2.16. The maximum Gasteiger partial charge on any atom is 0.322 e. The average molecular weight is 304 g/mol. The number of fused-ring (bicyclic) bond motifs is 1. The van der Waals surface area contributed by atoms with Crippen LogP contribution in [-0.2, 0) is 14.4 Å². The van der Waals surface area contributed by atoms with Gasteiger partial charge in [-0.2, -0.15) is 0 Å². The van der Waals surface area contributed by atoms with Crippen LogP contribution in [0.15, 0.2) is 18.2 Å². The average Bonchev–Trinajstić information content (AvgIpc) is 2.45. The molecule has 2 aliphatic rings. The molecule has 0 spiro atoms. The van der Waals surface area contributed by atoms with E-state index in [4.69, 9.17) is 4.74 Å². The molecule has 22 heavy (non-hydrogen) atoms. The molecule has 0 aromatic heterocycles. The zero-order valence-corrected chi connectivity index (χ0v) is 11.3. The van der Waals surface area contributed by atoms with Crippen molar-refractivity contribution in [2.45, 2.75) is 12.5 Å². The first-order valence-corrected chi connectivity index (χ1v) is 6.49. The minimum Gasteiger partial charge on any atom is -0.482 e. The standard InChI is InChI=1S/C13H12N4O5/c18-10-4-8(16-13(21)17-10)12(20)14-6-1-2-9-7(3-6)15-11(19)5-22-9/h1-3,8H,4-5H2,(H,14,20)(H,15,19)(H2,16,17,18,21)/t8-/m1/s1. The Kier molecular flexibility index (Phi) is 3.37. The molecule has 5 amide bonds. The SMILES string of the molecule is O=C1C[C@H](C(=O)Nc2ccc3c(c2)NC(=O)CO3)NC(=O)N1. The number of benzene rings is 1. The molecule has 2 heterocycles. The lowest BCUT2D eigenvalue weighted by molar-refractivity contribution is -0.126. The molecule has 0 saturated carbocycles. The quantitative estimate of drug-likeness (QED) is 0.589. The van der Waals surface area contributed by atoms with Gasteiger partial charge in [0, 0.05) is 5.69 Å². The van der Waals surface area contributed by atoms with E-state index < -0.39 is 23.9 Å². The van der Waals surface area contributed by atoms with Crippen LogP contribution in [0, 0.1) is 0 Å². The van der Waals surface area contributed by atoms with Crippen molar-refractivity contribution in [1.29, 1.82) is 0 Å². The highest BCUT2D eigenvalue weighted by atomic mass is 16.5. The molecule has 1 saturated heterocycles. The first kappa shape index (κ1) is 13.9. The van der Waals surface area contributed by atoms with Gasteiger partial charge in [0.2, 0.25) is 11.8 Å². The first-order valence-electron chi connectivity index (χ1n) is 6.49. The number of imide groups is 1. The molecule has 2 aliphatic heterocycles. The summed E-state index contributed by atoms with van der Waals surface area (Å²) in [6.45, 7) is -0.0536. The Morgan fingerprint density at radius 1 is 1.18 bits per heavy atom. The monoisotopic (exact) mass is 304 g/mol. The van der Waals surface area contributed by atoms with Gasteiger partial charge in [-0.05, 0) is 18.2 Å². The zero-order chi connectivity index (χ0) is 15.7. The number of nitrogens with one attached hydrogen (secondary N) is 4. The molecule has 9 heteroatoms. The van der Waals surface area contributed by atoms with Crippen LogP contribution in [0.25, 0.3) is 0 Å². The maximum atomic E-state index is 12.1. The number of urea groups is 1. The Morgan fingerprint density at radius 3 is 2.77 bits per heavy atom. The van der Waals surface area contributed by atoms with Gasteiger partial charge in [-0.1, -0.05) is 0 Å². The lowest BCUT2D eigenvalue weighted by atomic mass is 10.1. The van der Waals surface area contributed by atoms with Crippen molar-refractivity contribution in [1.82, 2.24) is 10.6 Å². The summed E-state index contributed by atoms with van der Waals surface area (Å²) >= 11 is 0. The van der Waals surface area contributed by atoms with Crippen LogP contribution in [0.3, 0.4) is 0 Å². The minimum absolute atomic E-state index is 0.0536. The van der Waals surface area contributed by atoms with E-state index in [1.165, 1.54) is 6.07 Å². The van der Waals surface area contributed by atoms with Gasteiger partial charge in [0.1, 0.15) is 11.8 Å². The van der Waals surface area contributed by atoms with Gasteiger partial charge in [-0.15, -0.1) is 0 Å². The third-order valence-corrected chi connectivity index (χ3v) is 3.14. The van der Waals surface area contributed by atoms with Crippen LogP contribution >= 0.6 is 0 Å². The number of rotatable bonds is 2. The number of carbonyl (C=O) groups is 4. The van der Waals surface area contributed by atoms with E-state index >= 15 is 0 Å². The Morgan fingerprint density at radius 2 is 2.00 bits per heavy atom. The highest BCUT2D eigenvalue weighted by molar-refractivity contribution is 6.06. The second-order valence-electron chi connectivity index (χ2n) is 4.82. The number of ether oxygens (including phenoxy) is 1. The summed E-state index contributed by atoms with van der Waals surface area (Å²) in [7, 11) is 0. The molecular weight excluding hydrogens is 292 g/mol. The van der Waals surface area contributed by atoms with Gasteiger partial charge in [-0.25, -0.2) is 4.79 Å². The van der Waals surface area contributed by atoms with Crippen molar-refractivity contribution in [3.63, 3.8) is 0 Å². The fourth-order valence-electron chi connectivity index (χ4n) is 2.16.